The molecule has 1 aliphatic rings. The molecule has 1 heterocycles. The summed E-state index contributed by atoms with van der Waals surface area (Å²) in [6, 6.07) is 0. The van der Waals surface area contributed by atoms with Crippen LogP contribution in [0.5, 0.6) is 0 Å². The molecular formula is C10H16O. The molecule has 1 saturated heterocycles. The summed E-state index contributed by atoms with van der Waals surface area (Å²) in [6.07, 6.45) is 7.84. The van der Waals surface area contributed by atoms with Crippen molar-refractivity contribution in [2.24, 2.45) is 0 Å². The first-order chi connectivity index (χ1) is 5.38. The second kappa shape index (κ2) is 4.22. The van der Waals surface area contributed by atoms with Gasteiger partial charge in [0.15, 0.2) is 0 Å². The van der Waals surface area contributed by atoms with Gasteiger partial charge in [-0.1, -0.05) is 6.08 Å². The van der Waals surface area contributed by atoms with Gasteiger partial charge in [-0.15, -0.1) is 0 Å². The molecule has 1 rings (SSSR count). The molecule has 0 aromatic rings. The molecular weight excluding hydrogens is 136 g/mol. The molecule has 1 aliphatic heterocycles. The van der Waals surface area contributed by atoms with Gasteiger partial charge in [0.1, 0.15) is 5.76 Å². The summed E-state index contributed by atoms with van der Waals surface area (Å²) in [4.78, 5) is 0. The topological polar surface area (TPSA) is 9.23 Å². The summed E-state index contributed by atoms with van der Waals surface area (Å²) >= 11 is 0. The quantitative estimate of drug-likeness (QED) is 0.518. The van der Waals surface area contributed by atoms with Gasteiger partial charge >= 0.3 is 0 Å². The summed E-state index contributed by atoms with van der Waals surface area (Å²) in [5.74, 6) is 1.09. The maximum Gasteiger partial charge on any atom is 0.117 e. The third-order valence-electron chi connectivity index (χ3n) is 2.03. The van der Waals surface area contributed by atoms with Crippen LogP contribution < -0.4 is 0 Å². The molecule has 0 atom stereocenters. The average Bonchev–Trinajstić information content (AvgIpc) is 2.27. The van der Waals surface area contributed by atoms with Crippen LogP contribution in [0.1, 0.15) is 33.1 Å². The van der Waals surface area contributed by atoms with E-state index in [1.165, 1.54) is 24.8 Å². The first kappa shape index (κ1) is 8.38. The highest BCUT2D eigenvalue weighted by atomic mass is 16.5. The molecule has 0 radical (unpaired) electrons. The summed E-state index contributed by atoms with van der Waals surface area (Å²) in [7, 11) is 0. The molecule has 1 heteroatoms. The minimum atomic E-state index is 0.886. The molecule has 0 aromatic heterocycles. The maximum absolute atomic E-state index is 5.55. The Balaban J connectivity index is 2.71. The van der Waals surface area contributed by atoms with E-state index in [0.717, 1.165) is 12.4 Å². The van der Waals surface area contributed by atoms with Crippen molar-refractivity contribution in [1.29, 1.82) is 0 Å². The van der Waals surface area contributed by atoms with Gasteiger partial charge in [0.2, 0.25) is 0 Å². The van der Waals surface area contributed by atoms with Crippen molar-refractivity contribution >= 4 is 0 Å². The molecule has 0 aromatic carbocycles. The SMILES string of the molecule is C/C=C1/CCCCO/C1=C/C. The van der Waals surface area contributed by atoms with E-state index in [1.807, 2.05) is 6.92 Å². The minimum Gasteiger partial charge on any atom is -0.494 e. The van der Waals surface area contributed by atoms with E-state index >= 15 is 0 Å². The van der Waals surface area contributed by atoms with Gasteiger partial charge in [0.25, 0.3) is 0 Å². The number of ether oxygens (including phenoxy) is 1. The Bertz CT molecular complexity index is 157. The smallest absolute Gasteiger partial charge is 0.117 e. The predicted octanol–water partition coefficient (Wildman–Crippen LogP) is 3.04. The van der Waals surface area contributed by atoms with Gasteiger partial charge in [0.05, 0.1) is 6.61 Å². The van der Waals surface area contributed by atoms with Crippen LogP contribution in [0.3, 0.4) is 0 Å². The van der Waals surface area contributed by atoms with Crippen molar-refractivity contribution in [1.82, 2.24) is 0 Å². The van der Waals surface area contributed by atoms with Gasteiger partial charge in [-0.25, -0.2) is 0 Å². The standard InChI is InChI=1S/C10H16O/c1-3-9-7-5-6-8-11-10(9)4-2/h3-4H,5-8H2,1-2H3/b9-3-,10-4+. The fourth-order valence-corrected chi connectivity index (χ4v) is 1.37. The molecule has 0 N–H and O–H groups in total. The molecule has 62 valence electrons. The summed E-state index contributed by atoms with van der Waals surface area (Å²) < 4.78 is 5.55. The lowest BCUT2D eigenvalue weighted by Crippen LogP contribution is -1.91. The van der Waals surface area contributed by atoms with Crippen LogP contribution >= 0.6 is 0 Å². The van der Waals surface area contributed by atoms with E-state index < -0.39 is 0 Å². The summed E-state index contributed by atoms with van der Waals surface area (Å²) in [5, 5.41) is 0. The third-order valence-corrected chi connectivity index (χ3v) is 2.03. The van der Waals surface area contributed by atoms with Crippen molar-refractivity contribution < 1.29 is 4.74 Å². The molecule has 0 aliphatic carbocycles. The monoisotopic (exact) mass is 152 g/mol. The van der Waals surface area contributed by atoms with E-state index in [4.69, 9.17) is 4.74 Å². The Hall–Kier alpha value is -0.720. The molecule has 1 nitrogen and oxygen atoms in total. The van der Waals surface area contributed by atoms with Crippen molar-refractivity contribution in [3.05, 3.63) is 23.5 Å². The van der Waals surface area contributed by atoms with Gasteiger partial charge in [0, 0.05) is 0 Å². The van der Waals surface area contributed by atoms with Crippen LogP contribution in [0, 0.1) is 0 Å². The van der Waals surface area contributed by atoms with Gasteiger partial charge in [-0.05, 0) is 44.8 Å². The van der Waals surface area contributed by atoms with Crippen LogP contribution in [0.2, 0.25) is 0 Å². The van der Waals surface area contributed by atoms with E-state index in [-0.39, 0.29) is 0 Å². The summed E-state index contributed by atoms with van der Waals surface area (Å²) in [6.45, 7) is 4.99. The van der Waals surface area contributed by atoms with Gasteiger partial charge in [-0.3, -0.25) is 0 Å². The van der Waals surface area contributed by atoms with Gasteiger partial charge < -0.3 is 4.74 Å². The van der Waals surface area contributed by atoms with E-state index in [9.17, 15) is 0 Å². The second-order valence-electron chi connectivity index (χ2n) is 2.77. The van der Waals surface area contributed by atoms with Crippen LogP contribution in [-0.2, 0) is 4.74 Å². The molecule has 0 amide bonds. The zero-order chi connectivity index (χ0) is 8.10. The Kier molecular flexibility index (Phi) is 3.21. The van der Waals surface area contributed by atoms with Crippen LogP contribution in [-0.4, -0.2) is 6.61 Å². The maximum atomic E-state index is 5.55. The minimum absolute atomic E-state index is 0.886. The summed E-state index contributed by atoms with van der Waals surface area (Å²) in [5.41, 5.74) is 1.37. The van der Waals surface area contributed by atoms with Crippen molar-refractivity contribution in [2.75, 3.05) is 6.61 Å². The van der Waals surface area contributed by atoms with Crippen LogP contribution in [0.4, 0.5) is 0 Å². The Morgan fingerprint density at radius 3 is 2.64 bits per heavy atom. The number of hydrogen-bond acceptors (Lipinski definition) is 1. The van der Waals surface area contributed by atoms with Crippen molar-refractivity contribution in [3.63, 3.8) is 0 Å². The fraction of sp³-hybridized carbons (Fsp3) is 0.600. The molecule has 0 spiro atoms. The lowest BCUT2D eigenvalue weighted by atomic mass is 10.1. The first-order valence-corrected chi connectivity index (χ1v) is 4.33. The first-order valence-electron chi connectivity index (χ1n) is 4.33. The Labute approximate surface area is 68.8 Å². The predicted molar refractivity (Wildman–Crippen MR) is 47.3 cm³/mol. The van der Waals surface area contributed by atoms with Gasteiger partial charge in [-0.2, -0.15) is 0 Å². The molecule has 11 heavy (non-hydrogen) atoms. The zero-order valence-electron chi connectivity index (χ0n) is 7.39. The molecule has 1 fully saturated rings. The second-order valence-corrected chi connectivity index (χ2v) is 2.77. The van der Waals surface area contributed by atoms with E-state index in [2.05, 4.69) is 19.1 Å². The molecule has 0 unspecified atom stereocenters. The largest absolute Gasteiger partial charge is 0.494 e. The van der Waals surface area contributed by atoms with E-state index in [1.54, 1.807) is 0 Å². The fourth-order valence-electron chi connectivity index (χ4n) is 1.37. The number of allylic oxidation sites excluding steroid dienone is 3. The van der Waals surface area contributed by atoms with Crippen LogP contribution in [0.15, 0.2) is 23.5 Å². The average molecular weight is 152 g/mol. The highest BCUT2D eigenvalue weighted by Crippen LogP contribution is 2.22. The van der Waals surface area contributed by atoms with Crippen LogP contribution in [0.25, 0.3) is 0 Å². The Morgan fingerprint density at radius 2 is 2.00 bits per heavy atom. The number of hydrogen-bond donors (Lipinski definition) is 0. The lowest BCUT2D eigenvalue weighted by molar-refractivity contribution is 0.224. The molecule has 0 bridgehead atoms. The zero-order valence-corrected chi connectivity index (χ0v) is 7.39. The highest BCUT2D eigenvalue weighted by Gasteiger charge is 2.08. The Morgan fingerprint density at radius 1 is 1.18 bits per heavy atom. The lowest BCUT2D eigenvalue weighted by Gasteiger charge is -2.07. The van der Waals surface area contributed by atoms with Crippen molar-refractivity contribution in [2.45, 2.75) is 33.1 Å². The van der Waals surface area contributed by atoms with Crippen molar-refractivity contribution in [3.8, 4) is 0 Å². The number of rotatable bonds is 0. The normalized spacial score (nSPS) is 26.7. The van der Waals surface area contributed by atoms with E-state index in [0.29, 0.717) is 0 Å². The molecule has 0 saturated carbocycles. The highest BCUT2D eigenvalue weighted by molar-refractivity contribution is 5.25. The third kappa shape index (κ3) is 2.11.